The molecule has 2 bridgehead atoms. The Morgan fingerprint density at radius 3 is 2.40 bits per heavy atom. The number of nitrogen functional groups attached to an aromatic ring is 1. The van der Waals surface area contributed by atoms with Crippen molar-refractivity contribution in [1.29, 1.82) is 0 Å². The first-order chi connectivity index (χ1) is 29.2. The zero-order valence-corrected chi connectivity index (χ0v) is 37.3. The van der Waals surface area contributed by atoms with E-state index in [4.69, 9.17) is 34.3 Å². The molecule has 0 spiro atoms. The number of cyclic esters (lactones) is 1. The van der Waals surface area contributed by atoms with Crippen molar-refractivity contribution in [2.24, 2.45) is 33.9 Å². The lowest BCUT2D eigenvalue weighted by molar-refractivity contribution is -0.796. The number of ether oxygens (including phenoxy) is 5. The topological polar surface area (TPSA) is 250 Å². The molecule has 0 unspecified atom stereocenters. The van der Waals surface area contributed by atoms with Crippen LogP contribution in [0.25, 0.3) is 11.4 Å². The van der Waals surface area contributed by atoms with Crippen molar-refractivity contribution in [3.8, 4) is 11.4 Å². The fraction of sp³-hybridized carbons (Fsp3) is 0.674. The number of anilines is 1. The normalized spacial score (nSPS) is 36.7. The molecular formula is C43H64N7O12+. The third-order valence-corrected chi connectivity index (χ3v) is 12.3. The van der Waals surface area contributed by atoms with Crippen molar-refractivity contribution in [2.45, 2.75) is 135 Å². The summed E-state index contributed by atoms with van der Waals surface area (Å²) in [5, 5.41) is 41.9. The molecule has 0 radical (unpaired) electrons. The van der Waals surface area contributed by atoms with Gasteiger partial charge in [0.15, 0.2) is 12.1 Å². The Morgan fingerprint density at radius 2 is 1.77 bits per heavy atom. The molecular weight excluding hydrogens is 807 g/mol. The molecule has 3 aliphatic rings. The Labute approximate surface area is 362 Å². The Bertz CT molecular complexity index is 1950. The highest BCUT2D eigenvalue weighted by molar-refractivity contribution is 6.00. The van der Waals surface area contributed by atoms with Crippen molar-refractivity contribution < 1.29 is 58.6 Å². The Hall–Kier alpha value is -4.50. The number of esters is 1. The number of hydrogen-bond donors (Lipinski definition) is 4. The summed E-state index contributed by atoms with van der Waals surface area (Å²) in [4.78, 5) is 57.2. The number of ketones is 1. The number of likely N-dealkylation sites (N-methyl/N-ethyl adjacent to an activating group) is 1. The van der Waals surface area contributed by atoms with E-state index < -0.39 is 82.4 Å². The summed E-state index contributed by atoms with van der Waals surface area (Å²) in [5.41, 5.74) is 4.63. The van der Waals surface area contributed by atoms with E-state index in [1.807, 2.05) is 32.0 Å². The Balaban J connectivity index is 1.62. The maximum absolute atomic E-state index is 14.5. The first kappa shape index (κ1) is 48.5. The van der Waals surface area contributed by atoms with Gasteiger partial charge in [0, 0.05) is 35.6 Å². The minimum Gasteiger partial charge on any atom is -0.459 e. The molecule has 19 nitrogen and oxygen atoms in total. The lowest BCUT2D eigenvalue weighted by atomic mass is 9.74. The second-order valence-electron chi connectivity index (χ2n) is 17.5. The lowest BCUT2D eigenvalue weighted by Gasteiger charge is -2.47. The van der Waals surface area contributed by atoms with E-state index in [0.29, 0.717) is 29.2 Å². The maximum Gasteiger partial charge on any atom is 0.387 e. The monoisotopic (exact) mass is 870 g/mol. The maximum atomic E-state index is 14.5. The third-order valence-electron chi connectivity index (χ3n) is 12.3. The zero-order valence-electron chi connectivity index (χ0n) is 37.3. The van der Waals surface area contributed by atoms with E-state index in [-0.39, 0.29) is 56.2 Å². The van der Waals surface area contributed by atoms with Gasteiger partial charge in [-0.05, 0) is 79.3 Å². The van der Waals surface area contributed by atoms with Gasteiger partial charge in [0.1, 0.15) is 52.5 Å². The van der Waals surface area contributed by atoms with Crippen LogP contribution in [-0.4, -0.2) is 140 Å². The smallest absolute Gasteiger partial charge is 0.387 e. The van der Waals surface area contributed by atoms with Crippen LogP contribution in [0.2, 0.25) is 0 Å². The van der Waals surface area contributed by atoms with Gasteiger partial charge in [0.25, 0.3) is 0 Å². The molecule has 3 fully saturated rings. The van der Waals surface area contributed by atoms with Crippen LogP contribution < -0.4 is 5.73 Å². The first-order valence-corrected chi connectivity index (χ1v) is 21.1. The van der Waals surface area contributed by atoms with Crippen molar-refractivity contribution in [3.63, 3.8) is 0 Å². The van der Waals surface area contributed by atoms with E-state index in [1.165, 1.54) is 13.8 Å². The first-order valence-electron chi connectivity index (χ1n) is 21.1. The SMILES string of the molecule is CC[C@H]1OC(=O)[C@H](C)C(=O)[C@H](C)[C@@H](O[C@@H]2O[C@H](C)C[C@H](N(C)C)[C@H]2O)[C@@]2(C)C[C@@H](C)/C(=N\[N+](=O)O)[C@H](C)[C@@H](OC/C(=N\OCc3ccc(-c4cccc(N)n4)nc3)CO2)[C@]1(C)O. The van der Waals surface area contributed by atoms with E-state index >= 15 is 0 Å². The molecule has 62 heavy (non-hydrogen) atoms. The largest absolute Gasteiger partial charge is 0.459 e. The molecule has 2 aromatic heterocycles. The van der Waals surface area contributed by atoms with Gasteiger partial charge in [-0.3, -0.25) is 14.6 Å². The quantitative estimate of drug-likeness (QED) is 0.159. The summed E-state index contributed by atoms with van der Waals surface area (Å²) in [5.74, 6) is -5.10. The fourth-order valence-corrected chi connectivity index (χ4v) is 8.95. The van der Waals surface area contributed by atoms with Gasteiger partial charge >= 0.3 is 11.0 Å². The molecule has 0 saturated carbocycles. The van der Waals surface area contributed by atoms with Gasteiger partial charge in [-0.25, -0.2) is 10.2 Å². The van der Waals surface area contributed by atoms with Crippen LogP contribution in [-0.2, 0) is 44.7 Å². The molecule has 0 aromatic carbocycles. The number of aromatic nitrogens is 2. The predicted molar refractivity (Wildman–Crippen MR) is 225 cm³/mol. The molecule has 0 aliphatic carbocycles. The van der Waals surface area contributed by atoms with E-state index in [1.54, 1.807) is 65.1 Å². The average molecular weight is 871 g/mol. The molecule has 5 rings (SSSR count). The van der Waals surface area contributed by atoms with Crippen LogP contribution in [0.5, 0.6) is 0 Å². The molecule has 3 saturated heterocycles. The number of hydrogen-bond acceptors (Lipinski definition) is 16. The van der Waals surface area contributed by atoms with Crippen LogP contribution in [0, 0.1) is 28.6 Å². The van der Waals surface area contributed by atoms with Crippen molar-refractivity contribution in [1.82, 2.24) is 14.9 Å². The number of Topliss-reactive ketones (excluding diaryl/α,β-unsaturated/α-hetero) is 1. The third kappa shape index (κ3) is 11.2. The van der Waals surface area contributed by atoms with Crippen molar-refractivity contribution in [2.75, 3.05) is 33.0 Å². The number of aliphatic hydroxyl groups is 2. The number of nitrogens with two attached hydrogens (primary N) is 1. The number of fused-ring (bicyclic) bond motifs is 5. The van der Waals surface area contributed by atoms with Crippen molar-refractivity contribution >= 4 is 29.0 Å². The predicted octanol–water partition coefficient (Wildman–Crippen LogP) is 3.70. The number of pyridine rings is 2. The Kier molecular flexibility index (Phi) is 15.9. The number of oxime groups is 1. The molecule has 342 valence electrons. The van der Waals surface area contributed by atoms with Crippen LogP contribution >= 0.6 is 0 Å². The molecule has 3 aliphatic heterocycles. The standard InChI is InChI=1S/C43H64N7O12/c1-11-33-43(8,54)39-25(4)35(47-50(55)56)23(2)18-42(7,38(26(5)36(51)27(6)40(53)61-33)62-41-37(52)32(49(9)10)17-24(3)60-41)58-22-29(21-57-39)48-59-20-28-15-16-30(45-19-28)31-13-12-14-34(44)46-31/h12-16,19,23-27,32-33,37-39,41,52,54H,11,17-18,20-22H2,1-10H3,(H2,44,46)(H,55,56)/q+1/b47-35+,48-29+/t23-,24-,25+,26+,27-,32+,33-,37-,38-,39-,41+,42-,43-/m1/s1. The molecule has 0 amide bonds. The Morgan fingerprint density at radius 1 is 1.05 bits per heavy atom. The number of carbonyl (C=O) groups excluding carboxylic acids is 2. The van der Waals surface area contributed by atoms with Crippen LogP contribution in [0.3, 0.4) is 0 Å². The summed E-state index contributed by atoms with van der Waals surface area (Å²) in [7, 11) is 3.68. The van der Waals surface area contributed by atoms with E-state index in [2.05, 4.69) is 20.2 Å². The minimum absolute atomic E-state index is 0.000745. The second-order valence-corrected chi connectivity index (χ2v) is 17.5. The van der Waals surface area contributed by atoms with Gasteiger partial charge < -0.3 is 49.4 Å². The zero-order chi connectivity index (χ0) is 45.7. The number of nitrogens with zero attached hydrogens (tertiary/aromatic N) is 6. The van der Waals surface area contributed by atoms with Crippen LogP contribution in [0.1, 0.15) is 80.2 Å². The summed E-state index contributed by atoms with van der Waals surface area (Å²) < 4.78 is 32.2. The summed E-state index contributed by atoms with van der Waals surface area (Å²) in [6.07, 6.45) is -4.17. The number of aliphatic hydroxyl groups excluding tert-OH is 1. The second kappa shape index (κ2) is 20.3. The molecule has 5 heterocycles. The van der Waals surface area contributed by atoms with E-state index in [9.17, 15) is 29.9 Å². The summed E-state index contributed by atoms with van der Waals surface area (Å²) in [6.45, 7) is 12.6. The van der Waals surface area contributed by atoms with Gasteiger partial charge in [0.2, 0.25) is 0 Å². The van der Waals surface area contributed by atoms with Crippen LogP contribution in [0.4, 0.5) is 5.82 Å². The van der Waals surface area contributed by atoms with Crippen LogP contribution in [0.15, 0.2) is 46.8 Å². The molecule has 2 aromatic rings. The van der Waals surface area contributed by atoms with Crippen molar-refractivity contribution in [3.05, 3.63) is 47.0 Å². The van der Waals surface area contributed by atoms with Gasteiger partial charge in [0.05, 0.1) is 53.6 Å². The number of hydrazone groups is 1. The van der Waals surface area contributed by atoms with Gasteiger partial charge in [-0.15, -0.1) is 0 Å². The van der Waals surface area contributed by atoms with Gasteiger partial charge in [-0.1, -0.05) is 45.0 Å². The summed E-state index contributed by atoms with van der Waals surface area (Å²) in [6, 6.07) is 8.50. The number of carbonyl (C=O) groups is 2. The highest BCUT2D eigenvalue weighted by Crippen LogP contribution is 2.40. The minimum atomic E-state index is -1.96. The lowest BCUT2D eigenvalue weighted by Crippen LogP contribution is -2.60. The highest BCUT2D eigenvalue weighted by atomic mass is 16.7. The average Bonchev–Trinajstić information content (AvgIpc) is 3.23. The molecule has 5 N–H and O–H groups in total. The highest BCUT2D eigenvalue weighted by Gasteiger charge is 2.53. The molecule has 13 atom stereocenters. The molecule has 19 heteroatoms. The fourth-order valence-electron chi connectivity index (χ4n) is 8.95. The summed E-state index contributed by atoms with van der Waals surface area (Å²) >= 11 is 0. The number of rotatable bonds is 9. The van der Waals surface area contributed by atoms with E-state index in [0.717, 1.165) is 0 Å². The van der Waals surface area contributed by atoms with Gasteiger partial charge in [-0.2, -0.15) is 0 Å².